The number of hydrogen-bond acceptors (Lipinski definition) is 3. The molecule has 0 saturated heterocycles. The summed E-state index contributed by atoms with van der Waals surface area (Å²) in [6, 6.07) is 32.3. The molecule has 0 aromatic heterocycles. The summed E-state index contributed by atoms with van der Waals surface area (Å²) < 4.78 is 6.20. The number of aromatic hydroxyl groups is 1. The molecule has 0 fully saturated rings. The molecule has 3 heteroatoms. The molecule has 160 valence electrons. The maximum Gasteiger partial charge on any atom is 0.130 e. The maximum absolute atomic E-state index is 10.3. The van der Waals surface area contributed by atoms with E-state index in [1.165, 1.54) is 5.57 Å². The number of ether oxygens (including phenoxy) is 1. The molecule has 0 saturated carbocycles. The van der Waals surface area contributed by atoms with Gasteiger partial charge in [0, 0.05) is 40.1 Å². The summed E-state index contributed by atoms with van der Waals surface area (Å²) in [5.74, 6) is 1.23. The van der Waals surface area contributed by atoms with Crippen molar-refractivity contribution in [2.75, 3.05) is 5.32 Å². The standard InChI is InChI=1S/C30H23NO2/c32-27-16-5-2-12-23(27)21-10-7-9-20(19-21)22-11-1-4-14-25(22)31-26-15-8-18-29-30(26)24-13-3-6-17-28(24)33-29/h1-17,19,29,31-32H,18H2. The van der Waals surface area contributed by atoms with Crippen molar-refractivity contribution in [3.05, 3.63) is 120 Å². The number of phenols is 1. The summed E-state index contributed by atoms with van der Waals surface area (Å²) in [4.78, 5) is 0. The van der Waals surface area contributed by atoms with Crippen LogP contribution in [0.5, 0.6) is 11.5 Å². The fourth-order valence-corrected chi connectivity index (χ4v) is 4.73. The summed E-state index contributed by atoms with van der Waals surface area (Å²) in [6.07, 6.45) is 5.25. The van der Waals surface area contributed by atoms with Crippen LogP contribution < -0.4 is 10.1 Å². The first-order chi connectivity index (χ1) is 16.3. The molecule has 0 amide bonds. The Kier molecular flexibility index (Phi) is 4.73. The fraction of sp³-hybridized carbons (Fsp3) is 0.0667. The van der Waals surface area contributed by atoms with Gasteiger partial charge >= 0.3 is 0 Å². The fourth-order valence-electron chi connectivity index (χ4n) is 4.73. The first-order valence-electron chi connectivity index (χ1n) is 11.2. The van der Waals surface area contributed by atoms with Gasteiger partial charge in [-0.05, 0) is 41.5 Å². The van der Waals surface area contributed by atoms with Gasteiger partial charge in [-0.15, -0.1) is 0 Å². The smallest absolute Gasteiger partial charge is 0.130 e. The predicted molar refractivity (Wildman–Crippen MR) is 134 cm³/mol. The Balaban J connectivity index is 1.41. The van der Waals surface area contributed by atoms with Crippen molar-refractivity contribution in [2.24, 2.45) is 0 Å². The van der Waals surface area contributed by atoms with Crippen LogP contribution in [-0.2, 0) is 0 Å². The van der Waals surface area contributed by atoms with Crippen molar-refractivity contribution >= 4 is 11.3 Å². The van der Waals surface area contributed by atoms with E-state index in [4.69, 9.17) is 4.74 Å². The van der Waals surface area contributed by atoms with Gasteiger partial charge in [-0.3, -0.25) is 0 Å². The molecular weight excluding hydrogens is 406 g/mol. The number of allylic oxidation sites excluding steroid dienone is 1. The number of anilines is 1. The van der Waals surface area contributed by atoms with Gasteiger partial charge in [0.1, 0.15) is 17.6 Å². The van der Waals surface area contributed by atoms with Crippen LogP contribution in [0.25, 0.3) is 27.8 Å². The third kappa shape index (κ3) is 3.48. The number of fused-ring (bicyclic) bond motifs is 3. The molecule has 0 radical (unpaired) electrons. The molecule has 1 aliphatic carbocycles. The lowest BCUT2D eigenvalue weighted by molar-refractivity contribution is 0.278. The van der Waals surface area contributed by atoms with Crippen LogP contribution in [-0.4, -0.2) is 11.2 Å². The number of phenolic OH excluding ortho intramolecular Hbond substituents is 1. The van der Waals surface area contributed by atoms with Gasteiger partial charge in [0.15, 0.2) is 0 Å². The SMILES string of the molecule is Oc1ccccc1-c1cccc(-c2ccccc2NC2=C3c4ccccc4OC3CC=C2)c1. The van der Waals surface area contributed by atoms with E-state index >= 15 is 0 Å². The van der Waals surface area contributed by atoms with Crippen LogP contribution in [0.2, 0.25) is 0 Å². The molecule has 2 aliphatic rings. The third-order valence-corrected chi connectivity index (χ3v) is 6.28. The van der Waals surface area contributed by atoms with Crippen molar-refractivity contribution in [2.45, 2.75) is 12.5 Å². The van der Waals surface area contributed by atoms with Crippen molar-refractivity contribution < 1.29 is 9.84 Å². The largest absolute Gasteiger partial charge is 0.507 e. The van der Waals surface area contributed by atoms with Gasteiger partial charge < -0.3 is 15.2 Å². The lowest BCUT2D eigenvalue weighted by atomic mass is 9.93. The summed E-state index contributed by atoms with van der Waals surface area (Å²) in [5.41, 5.74) is 8.48. The van der Waals surface area contributed by atoms with Gasteiger partial charge in [0.05, 0.1) is 0 Å². The number of rotatable bonds is 4. The summed E-state index contributed by atoms with van der Waals surface area (Å²) >= 11 is 0. The molecule has 3 nitrogen and oxygen atoms in total. The molecule has 0 bridgehead atoms. The Bertz CT molecular complexity index is 1420. The monoisotopic (exact) mass is 429 g/mol. The highest BCUT2D eigenvalue weighted by Gasteiger charge is 2.31. The van der Waals surface area contributed by atoms with Gasteiger partial charge in [0.25, 0.3) is 0 Å². The minimum absolute atomic E-state index is 0.0476. The van der Waals surface area contributed by atoms with Gasteiger partial charge in [-0.25, -0.2) is 0 Å². The quantitative estimate of drug-likeness (QED) is 0.358. The number of hydrogen-bond donors (Lipinski definition) is 2. The van der Waals surface area contributed by atoms with Crippen LogP contribution in [0.1, 0.15) is 12.0 Å². The first kappa shape index (κ1) is 19.4. The van der Waals surface area contributed by atoms with Gasteiger partial charge in [-0.1, -0.05) is 78.9 Å². The third-order valence-electron chi connectivity index (χ3n) is 6.28. The average molecular weight is 430 g/mol. The summed E-state index contributed by atoms with van der Waals surface area (Å²) in [5, 5.41) is 14.0. The van der Waals surface area contributed by atoms with E-state index in [0.29, 0.717) is 0 Å². The average Bonchev–Trinajstić information content (AvgIpc) is 3.24. The second kappa shape index (κ2) is 8.03. The Labute approximate surface area is 193 Å². The minimum Gasteiger partial charge on any atom is -0.507 e. The van der Waals surface area contributed by atoms with Gasteiger partial charge in [-0.2, -0.15) is 0 Å². The van der Waals surface area contributed by atoms with E-state index < -0.39 is 0 Å². The lowest BCUT2D eigenvalue weighted by Gasteiger charge is -2.21. The van der Waals surface area contributed by atoms with Crippen LogP contribution in [0, 0.1) is 0 Å². The molecule has 2 N–H and O–H groups in total. The van der Waals surface area contributed by atoms with Crippen LogP contribution in [0.4, 0.5) is 5.69 Å². The summed E-state index contributed by atoms with van der Waals surface area (Å²) in [6.45, 7) is 0. The highest BCUT2D eigenvalue weighted by Crippen LogP contribution is 2.43. The first-order valence-corrected chi connectivity index (χ1v) is 11.2. The zero-order valence-electron chi connectivity index (χ0n) is 18.0. The Morgan fingerprint density at radius 1 is 0.727 bits per heavy atom. The van der Waals surface area contributed by atoms with Crippen LogP contribution in [0.3, 0.4) is 0 Å². The van der Waals surface area contributed by atoms with Gasteiger partial charge in [0.2, 0.25) is 0 Å². The Hall–Kier alpha value is -4.24. The zero-order chi connectivity index (χ0) is 22.2. The van der Waals surface area contributed by atoms with Crippen LogP contribution >= 0.6 is 0 Å². The van der Waals surface area contributed by atoms with E-state index in [9.17, 15) is 5.11 Å². The van der Waals surface area contributed by atoms with E-state index in [-0.39, 0.29) is 11.9 Å². The second-order valence-electron chi connectivity index (χ2n) is 8.34. The van der Waals surface area contributed by atoms with Crippen molar-refractivity contribution in [3.63, 3.8) is 0 Å². The molecule has 33 heavy (non-hydrogen) atoms. The Morgan fingerprint density at radius 2 is 1.42 bits per heavy atom. The number of para-hydroxylation sites is 3. The molecule has 1 heterocycles. The molecule has 1 unspecified atom stereocenters. The molecule has 4 aromatic carbocycles. The molecule has 4 aromatic rings. The Morgan fingerprint density at radius 3 is 2.27 bits per heavy atom. The van der Waals surface area contributed by atoms with Crippen molar-refractivity contribution in [3.8, 4) is 33.8 Å². The minimum atomic E-state index is 0.0476. The number of benzene rings is 4. The van der Waals surface area contributed by atoms with Crippen molar-refractivity contribution in [1.29, 1.82) is 0 Å². The molecule has 0 spiro atoms. The van der Waals surface area contributed by atoms with E-state index in [2.05, 4.69) is 59.9 Å². The van der Waals surface area contributed by atoms with Crippen molar-refractivity contribution in [1.82, 2.24) is 0 Å². The molecule has 1 atom stereocenters. The zero-order valence-corrected chi connectivity index (χ0v) is 18.0. The van der Waals surface area contributed by atoms with E-state index in [1.54, 1.807) is 6.07 Å². The predicted octanol–water partition coefficient (Wildman–Crippen LogP) is 7.27. The lowest BCUT2D eigenvalue weighted by Crippen LogP contribution is -2.17. The molecular formula is C30H23NO2. The number of nitrogens with one attached hydrogen (secondary N) is 1. The normalized spacial score (nSPS) is 16.2. The second-order valence-corrected chi connectivity index (χ2v) is 8.34. The topological polar surface area (TPSA) is 41.5 Å². The van der Waals surface area contributed by atoms with E-state index in [0.717, 1.165) is 51.4 Å². The van der Waals surface area contributed by atoms with Crippen LogP contribution in [0.15, 0.2) is 115 Å². The molecule has 1 aliphatic heterocycles. The maximum atomic E-state index is 10.3. The highest BCUT2D eigenvalue weighted by molar-refractivity contribution is 5.88. The molecule has 6 rings (SSSR count). The van der Waals surface area contributed by atoms with E-state index in [1.807, 2.05) is 48.5 Å². The highest BCUT2D eigenvalue weighted by atomic mass is 16.5. The summed E-state index contributed by atoms with van der Waals surface area (Å²) in [7, 11) is 0.